The molecule has 4 heterocycles. The average Bonchev–Trinajstić information content (AvgIpc) is 4.06. The van der Waals surface area contributed by atoms with E-state index in [2.05, 4.69) is 15.4 Å². The van der Waals surface area contributed by atoms with Gasteiger partial charge < -0.3 is 29.7 Å². The molecule has 3 aliphatic carbocycles. The van der Waals surface area contributed by atoms with E-state index in [0.717, 1.165) is 44.1 Å². The Balaban J connectivity index is 1.06. The largest absolute Gasteiger partial charge is 0.496 e. The lowest BCUT2D eigenvalue weighted by molar-refractivity contribution is -0.141. The van der Waals surface area contributed by atoms with Gasteiger partial charge in [-0.3, -0.25) is 19.1 Å². The summed E-state index contributed by atoms with van der Waals surface area (Å²) < 4.78 is 48.0. The maximum atomic E-state index is 14.8. The van der Waals surface area contributed by atoms with Gasteiger partial charge in [0.15, 0.2) is 5.65 Å². The molecule has 2 aliphatic heterocycles. The molecule has 9 rings (SSSR count). The Bertz CT molecular complexity index is 2480. The molecule has 5 atom stereocenters. The second-order valence-corrected chi connectivity index (χ2v) is 18.9. The van der Waals surface area contributed by atoms with E-state index in [1.54, 1.807) is 17.7 Å². The zero-order valence-corrected chi connectivity index (χ0v) is 34.9. The third-order valence-electron chi connectivity index (χ3n) is 12.6. The summed E-state index contributed by atoms with van der Waals surface area (Å²) in [4.78, 5) is 63.0. The van der Waals surface area contributed by atoms with Gasteiger partial charge in [-0.25, -0.2) is 18.2 Å². The zero-order chi connectivity index (χ0) is 42.3. The average molecular weight is 854 g/mol. The minimum atomic E-state index is -3.92. The Hall–Kier alpha value is -5.71. The van der Waals surface area contributed by atoms with Crippen LogP contribution in [0.2, 0.25) is 0 Å². The molecule has 3 N–H and O–H groups in total. The van der Waals surface area contributed by atoms with Gasteiger partial charge in [-0.05, 0) is 76.3 Å². The predicted octanol–water partition coefficient (Wildman–Crippen LogP) is 4.95. The van der Waals surface area contributed by atoms with E-state index in [-0.39, 0.29) is 25.5 Å². The fourth-order valence-corrected chi connectivity index (χ4v) is 10.4. The molecule has 5 aliphatic rings. The predicted molar refractivity (Wildman–Crippen MR) is 224 cm³/mol. The molecule has 4 aromatic rings. The van der Waals surface area contributed by atoms with Gasteiger partial charge in [0, 0.05) is 24.0 Å². The van der Waals surface area contributed by atoms with Crippen molar-refractivity contribution in [2.75, 3.05) is 13.7 Å². The van der Waals surface area contributed by atoms with Crippen LogP contribution in [0.25, 0.3) is 27.8 Å². The van der Waals surface area contributed by atoms with Gasteiger partial charge in [-0.2, -0.15) is 9.61 Å². The molecule has 61 heavy (non-hydrogen) atoms. The standard InChI is InChI=1S/C44H51N7O9S/c1-58-36-20-12-19-32-38(36)39-45-34(27-13-6-5-7-14-27)24-37(51(39)48-32)59-30-23-35-40(52)47-44(42(54)49-61(56,57)31-21-22-31)25-28(44)15-8-3-2-4-9-18-33(41(53)50(35)26-30)46-43(55)60-29-16-10-11-17-29/h5-8,12-15,19-20,24,28-31,33,35H,2-4,9-11,16-18,21-23,25-26H2,1H3,(H,46,55)(H,47,52)(H,49,54)/b15-8-/t28-,30-,33+,35+,44-/m1/s1. The Morgan fingerprint density at radius 3 is 2.49 bits per heavy atom. The number of alkyl carbamates (subject to hydrolysis) is 1. The first kappa shape index (κ1) is 40.7. The molecule has 322 valence electrons. The van der Waals surface area contributed by atoms with Crippen LogP contribution < -0.4 is 24.8 Å². The van der Waals surface area contributed by atoms with E-state index >= 15 is 0 Å². The lowest BCUT2D eigenvalue weighted by Gasteiger charge is -2.30. The summed E-state index contributed by atoms with van der Waals surface area (Å²) in [7, 11) is -2.34. The van der Waals surface area contributed by atoms with Crippen LogP contribution in [0.4, 0.5) is 4.79 Å². The van der Waals surface area contributed by atoms with Crippen LogP contribution in [0.1, 0.15) is 83.5 Å². The molecule has 2 aromatic heterocycles. The number of benzene rings is 2. The van der Waals surface area contributed by atoms with E-state index in [9.17, 15) is 27.6 Å². The molecule has 0 unspecified atom stereocenters. The highest BCUT2D eigenvalue weighted by Gasteiger charge is 2.62. The van der Waals surface area contributed by atoms with Crippen molar-refractivity contribution < 1.29 is 41.8 Å². The number of ether oxygens (including phenoxy) is 3. The van der Waals surface area contributed by atoms with Gasteiger partial charge in [0.05, 0.1) is 35.5 Å². The number of nitrogens with zero attached hydrogens (tertiary/aromatic N) is 4. The van der Waals surface area contributed by atoms with Crippen molar-refractivity contribution in [2.45, 2.75) is 119 Å². The molecule has 3 saturated carbocycles. The van der Waals surface area contributed by atoms with Gasteiger partial charge in [-0.1, -0.05) is 61.4 Å². The third-order valence-corrected chi connectivity index (χ3v) is 14.4. The number of sulfonamides is 1. The number of hydrogen-bond acceptors (Lipinski definition) is 11. The van der Waals surface area contributed by atoms with Crippen LogP contribution in [0.3, 0.4) is 0 Å². The van der Waals surface area contributed by atoms with Crippen molar-refractivity contribution in [3.05, 3.63) is 66.7 Å². The van der Waals surface area contributed by atoms with Crippen LogP contribution in [-0.2, 0) is 29.1 Å². The summed E-state index contributed by atoms with van der Waals surface area (Å²) in [6, 6.07) is 14.7. The molecule has 4 amide bonds. The van der Waals surface area contributed by atoms with E-state index < -0.39 is 68.7 Å². The first-order valence-electron chi connectivity index (χ1n) is 21.4. The van der Waals surface area contributed by atoms with Gasteiger partial charge >= 0.3 is 6.09 Å². The minimum absolute atomic E-state index is 0.0178. The fourth-order valence-electron chi connectivity index (χ4n) is 9.03. The normalized spacial score (nSPS) is 26.7. The SMILES string of the molecule is COc1cccc2nn3c(O[C@@H]4C[C@H]5C(=O)N[C@]6(C(=O)NS(=O)(=O)C7CC7)C[C@H]6/C=C\CCCCC[C@H](NC(=O)OC6CCCC6)C(=O)N5C4)cc(-c4ccccc4)nc3c12. The maximum Gasteiger partial charge on any atom is 0.408 e. The Labute approximate surface area is 353 Å². The fraction of sp³-hybridized carbons (Fsp3) is 0.500. The van der Waals surface area contributed by atoms with Crippen molar-refractivity contribution in [3.8, 4) is 22.9 Å². The highest BCUT2D eigenvalue weighted by molar-refractivity contribution is 7.91. The first-order chi connectivity index (χ1) is 29.5. The smallest absolute Gasteiger partial charge is 0.408 e. The summed E-state index contributed by atoms with van der Waals surface area (Å²) in [5, 5.41) is 10.6. The lowest BCUT2D eigenvalue weighted by atomic mass is 10.0. The number of hydrogen-bond donors (Lipinski definition) is 3. The number of carbonyl (C=O) groups excluding carboxylic acids is 4. The van der Waals surface area contributed by atoms with Crippen LogP contribution >= 0.6 is 0 Å². The molecular weight excluding hydrogens is 803 g/mol. The molecular formula is C44H51N7O9S. The van der Waals surface area contributed by atoms with Crippen LogP contribution in [0, 0.1) is 5.92 Å². The van der Waals surface area contributed by atoms with Crippen molar-refractivity contribution in [1.29, 1.82) is 0 Å². The number of carbonyl (C=O) groups is 4. The Morgan fingerprint density at radius 1 is 0.934 bits per heavy atom. The molecule has 4 fully saturated rings. The van der Waals surface area contributed by atoms with Crippen LogP contribution in [-0.4, -0.2) is 100 Å². The highest BCUT2D eigenvalue weighted by atomic mass is 32.2. The molecule has 17 heteroatoms. The van der Waals surface area contributed by atoms with Gasteiger partial charge in [0.25, 0.3) is 5.91 Å². The van der Waals surface area contributed by atoms with E-state index in [1.165, 1.54) is 4.90 Å². The molecule has 16 nitrogen and oxygen atoms in total. The monoisotopic (exact) mass is 853 g/mol. The number of aromatic nitrogens is 3. The number of fused-ring (bicyclic) bond motifs is 5. The van der Waals surface area contributed by atoms with E-state index in [0.29, 0.717) is 66.0 Å². The number of rotatable bonds is 9. The molecule has 0 radical (unpaired) electrons. The van der Waals surface area contributed by atoms with E-state index in [4.69, 9.17) is 24.3 Å². The Kier molecular flexibility index (Phi) is 11.1. The zero-order valence-electron chi connectivity index (χ0n) is 34.1. The van der Waals surface area contributed by atoms with Crippen molar-refractivity contribution in [3.63, 3.8) is 0 Å². The third kappa shape index (κ3) is 8.36. The van der Waals surface area contributed by atoms with E-state index in [1.807, 2.05) is 60.7 Å². The minimum Gasteiger partial charge on any atom is -0.496 e. The maximum absolute atomic E-state index is 14.8. The van der Waals surface area contributed by atoms with Gasteiger partial charge in [0.1, 0.15) is 35.6 Å². The molecule has 2 aromatic carbocycles. The van der Waals surface area contributed by atoms with Gasteiger partial charge in [-0.15, -0.1) is 0 Å². The number of methoxy groups -OCH3 is 1. The molecule has 1 saturated heterocycles. The topological polar surface area (TPSA) is 200 Å². The highest BCUT2D eigenvalue weighted by Crippen LogP contribution is 2.46. The Morgan fingerprint density at radius 2 is 1.72 bits per heavy atom. The number of nitrogens with one attached hydrogen (secondary N) is 3. The van der Waals surface area contributed by atoms with Crippen molar-refractivity contribution in [2.24, 2.45) is 5.92 Å². The second-order valence-electron chi connectivity index (χ2n) is 16.9. The van der Waals surface area contributed by atoms with Crippen molar-refractivity contribution >= 4 is 50.4 Å². The number of amides is 4. The summed E-state index contributed by atoms with van der Waals surface area (Å²) in [5.41, 5.74) is 1.00. The van der Waals surface area contributed by atoms with Gasteiger partial charge in [0.2, 0.25) is 27.7 Å². The molecule has 0 bridgehead atoms. The molecule has 0 spiro atoms. The van der Waals surface area contributed by atoms with Crippen LogP contribution in [0.15, 0.2) is 66.7 Å². The summed E-state index contributed by atoms with van der Waals surface area (Å²) in [6.07, 6.45) is 9.97. The lowest BCUT2D eigenvalue weighted by Crippen LogP contribution is -2.58. The quantitative estimate of drug-likeness (QED) is 0.193. The summed E-state index contributed by atoms with van der Waals surface area (Å²) in [6.45, 7) is -0.0417. The number of allylic oxidation sites excluding steroid dienone is 1. The summed E-state index contributed by atoms with van der Waals surface area (Å²) in [5.74, 6) is -1.46. The van der Waals surface area contributed by atoms with Crippen LogP contribution in [0.5, 0.6) is 11.6 Å². The second kappa shape index (κ2) is 16.6. The van der Waals surface area contributed by atoms with Crippen molar-refractivity contribution in [1.82, 2.24) is 34.9 Å². The first-order valence-corrected chi connectivity index (χ1v) is 23.0. The summed E-state index contributed by atoms with van der Waals surface area (Å²) >= 11 is 0.